The van der Waals surface area contributed by atoms with E-state index in [-0.39, 0.29) is 22.7 Å². The van der Waals surface area contributed by atoms with E-state index in [4.69, 9.17) is 10.00 Å². The number of carbonyl (C=O) groups excluding carboxylic acids is 1. The van der Waals surface area contributed by atoms with Crippen LogP contribution in [0.1, 0.15) is 16.8 Å². The van der Waals surface area contributed by atoms with Crippen molar-refractivity contribution in [2.75, 3.05) is 12.4 Å². The molecule has 0 saturated carbocycles. The molecule has 1 heterocycles. The first-order valence-corrected chi connectivity index (χ1v) is 7.39. The Morgan fingerprint density at radius 1 is 1.46 bits per heavy atom. The Morgan fingerprint density at radius 2 is 2.15 bits per heavy atom. The lowest BCUT2D eigenvalue weighted by Crippen LogP contribution is -2.32. The molecule has 0 aliphatic heterocycles. The summed E-state index contributed by atoms with van der Waals surface area (Å²) in [5.74, 6) is -0.424. The predicted molar refractivity (Wildman–Crippen MR) is 91.0 cm³/mol. The number of hydrogen-bond donors (Lipinski definition) is 1. The fraction of sp³-hybridized carbons (Fsp3) is 0.250. The Morgan fingerprint density at radius 3 is 2.73 bits per heavy atom. The van der Waals surface area contributed by atoms with Crippen molar-refractivity contribution in [2.45, 2.75) is 20.4 Å². The van der Waals surface area contributed by atoms with Crippen molar-refractivity contribution in [3.05, 3.63) is 55.5 Å². The van der Waals surface area contributed by atoms with Crippen molar-refractivity contribution in [1.82, 2.24) is 9.78 Å². The van der Waals surface area contributed by atoms with E-state index >= 15 is 0 Å². The lowest BCUT2D eigenvalue weighted by molar-refractivity contribution is -0.384. The third kappa shape index (κ3) is 3.67. The maximum Gasteiger partial charge on any atom is 0.285 e. The van der Waals surface area contributed by atoms with Crippen molar-refractivity contribution >= 4 is 17.3 Å². The minimum atomic E-state index is -0.684. The number of nitro benzene ring substituents is 1. The van der Waals surface area contributed by atoms with E-state index in [9.17, 15) is 19.7 Å². The second kappa shape index (κ2) is 7.43. The molecule has 0 radical (unpaired) electrons. The molecule has 0 atom stereocenters. The van der Waals surface area contributed by atoms with E-state index < -0.39 is 22.9 Å². The second-order valence-electron chi connectivity index (χ2n) is 5.35. The van der Waals surface area contributed by atoms with Crippen LogP contribution >= 0.6 is 0 Å². The summed E-state index contributed by atoms with van der Waals surface area (Å²) in [4.78, 5) is 34.7. The molecule has 1 amide bonds. The van der Waals surface area contributed by atoms with Gasteiger partial charge in [-0.15, -0.1) is 0 Å². The maximum atomic E-state index is 12.3. The number of anilines is 1. The summed E-state index contributed by atoms with van der Waals surface area (Å²) < 4.78 is 5.94. The van der Waals surface area contributed by atoms with Gasteiger partial charge in [0.1, 0.15) is 23.9 Å². The summed E-state index contributed by atoms with van der Waals surface area (Å²) in [5.41, 5.74) is -0.00944. The largest absolute Gasteiger partial charge is 0.495 e. The number of carbonyl (C=O) groups is 1. The average Bonchev–Trinajstić information content (AvgIpc) is 2.60. The molecule has 26 heavy (non-hydrogen) atoms. The summed E-state index contributed by atoms with van der Waals surface area (Å²) in [6, 6.07) is 5.54. The molecular weight excluding hydrogens is 342 g/mol. The second-order valence-corrected chi connectivity index (χ2v) is 5.35. The third-order valence-corrected chi connectivity index (χ3v) is 3.71. The van der Waals surface area contributed by atoms with Crippen LogP contribution in [0.15, 0.2) is 23.0 Å². The van der Waals surface area contributed by atoms with Gasteiger partial charge in [0, 0.05) is 12.1 Å². The SMILES string of the molecule is COc1ccc([N+](=O)[O-])cc1NC(=O)Cn1nc(C)c(C)c(C#N)c1=O. The van der Waals surface area contributed by atoms with E-state index in [1.165, 1.54) is 19.2 Å². The quantitative estimate of drug-likeness (QED) is 0.628. The van der Waals surface area contributed by atoms with Crippen LogP contribution in [0.4, 0.5) is 11.4 Å². The number of aromatic nitrogens is 2. The highest BCUT2D eigenvalue weighted by Crippen LogP contribution is 2.28. The van der Waals surface area contributed by atoms with Crippen LogP contribution < -0.4 is 15.6 Å². The number of rotatable bonds is 5. The van der Waals surface area contributed by atoms with Crippen LogP contribution in [0.3, 0.4) is 0 Å². The number of ether oxygens (including phenoxy) is 1. The molecule has 10 heteroatoms. The molecule has 1 aromatic carbocycles. The van der Waals surface area contributed by atoms with Crippen LogP contribution in [0.2, 0.25) is 0 Å². The predicted octanol–water partition coefficient (Wildman–Crippen LogP) is 1.29. The van der Waals surface area contributed by atoms with E-state index in [1.54, 1.807) is 19.9 Å². The maximum absolute atomic E-state index is 12.3. The number of nitriles is 1. The Kier molecular flexibility index (Phi) is 5.32. The van der Waals surface area contributed by atoms with Gasteiger partial charge in [0.2, 0.25) is 5.91 Å². The molecule has 0 spiro atoms. The molecule has 2 rings (SSSR count). The van der Waals surface area contributed by atoms with Gasteiger partial charge in [0.25, 0.3) is 11.2 Å². The summed E-state index contributed by atoms with van der Waals surface area (Å²) in [5, 5.41) is 26.4. The van der Waals surface area contributed by atoms with Crippen molar-refractivity contribution in [3.8, 4) is 11.8 Å². The third-order valence-electron chi connectivity index (χ3n) is 3.71. The number of hydrogen-bond acceptors (Lipinski definition) is 7. The van der Waals surface area contributed by atoms with Gasteiger partial charge >= 0.3 is 0 Å². The topological polar surface area (TPSA) is 140 Å². The molecule has 1 aromatic heterocycles. The number of benzene rings is 1. The average molecular weight is 357 g/mol. The zero-order valence-electron chi connectivity index (χ0n) is 14.3. The molecule has 0 unspecified atom stereocenters. The summed E-state index contributed by atoms with van der Waals surface area (Å²) >= 11 is 0. The van der Waals surface area contributed by atoms with Gasteiger partial charge < -0.3 is 10.1 Å². The smallest absolute Gasteiger partial charge is 0.285 e. The monoisotopic (exact) mass is 357 g/mol. The minimum absolute atomic E-state index is 0.0850. The molecule has 0 aliphatic rings. The lowest BCUT2D eigenvalue weighted by Gasteiger charge is -2.11. The van der Waals surface area contributed by atoms with Crippen molar-refractivity contribution in [2.24, 2.45) is 0 Å². The Hall–Kier alpha value is -3.74. The fourth-order valence-electron chi connectivity index (χ4n) is 2.24. The van der Waals surface area contributed by atoms with Crippen LogP contribution in [-0.2, 0) is 11.3 Å². The number of nitrogens with one attached hydrogen (secondary N) is 1. The first kappa shape index (κ1) is 18.6. The van der Waals surface area contributed by atoms with Crippen LogP contribution in [0.25, 0.3) is 0 Å². The zero-order chi connectivity index (χ0) is 19.4. The molecule has 0 aliphatic carbocycles. The van der Waals surface area contributed by atoms with Crippen LogP contribution in [0, 0.1) is 35.3 Å². The fourth-order valence-corrected chi connectivity index (χ4v) is 2.24. The Bertz CT molecular complexity index is 990. The van der Waals surface area contributed by atoms with Gasteiger partial charge in [-0.3, -0.25) is 19.7 Å². The number of amides is 1. The number of nitro groups is 1. The van der Waals surface area contributed by atoms with Gasteiger partial charge in [0.05, 0.1) is 23.4 Å². The lowest BCUT2D eigenvalue weighted by atomic mass is 10.1. The number of aryl methyl sites for hydroxylation is 1. The van der Waals surface area contributed by atoms with Gasteiger partial charge in [-0.25, -0.2) is 4.68 Å². The molecule has 1 N–H and O–H groups in total. The molecule has 134 valence electrons. The number of non-ortho nitro benzene ring substituents is 1. The highest BCUT2D eigenvalue weighted by atomic mass is 16.6. The standard InChI is InChI=1S/C16H15N5O5/c1-9-10(2)19-20(16(23)12(9)7-17)8-15(22)18-13-6-11(21(24)25)4-5-14(13)26-3/h4-6H,8H2,1-3H3,(H,18,22). The van der Waals surface area contributed by atoms with E-state index in [2.05, 4.69) is 10.4 Å². The van der Waals surface area contributed by atoms with Gasteiger partial charge in [-0.2, -0.15) is 10.4 Å². The molecular formula is C16H15N5O5. The van der Waals surface area contributed by atoms with E-state index in [1.807, 2.05) is 0 Å². The first-order valence-electron chi connectivity index (χ1n) is 7.39. The molecule has 10 nitrogen and oxygen atoms in total. The highest BCUT2D eigenvalue weighted by molar-refractivity contribution is 5.92. The van der Waals surface area contributed by atoms with Crippen molar-refractivity contribution in [1.29, 1.82) is 5.26 Å². The molecule has 2 aromatic rings. The first-order chi connectivity index (χ1) is 12.3. The van der Waals surface area contributed by atoms with Crippen LogP contribution in [-0.4, -0.2) is 27.7 Å². The van der Waals surface area contributed by atoms with E-state index in [0.29, 0.717) is 11.3 Å². The Labute approximate surface area is 147 Å². The Balaban J connectivity index is 2.32. The van der Waals surface area contributed by atoms with Crippen molar-refractivity contribution in [3.63, 3.8) is 0 Å². The summed E-state index contributed by atoms with van der Waals surface area (Å²) in [6.07, 6.45) is 0. The van der Waals surface area contributed by atoms with E-state index in [0.717, 1.165) is 10.7 Å². The molecule has 0 saturated heterocycles. The normalized spacial score (nSPS) is 10.1. The molecule has 0 fully saturated rings. The number of methoxy groups -OCH3 is 1. The number of nitrogens with zero attached hydrogens (tertiary/aromatic N) is 4. The van der Waals surface area contributed by atoms with Gasteiger partial charge in [-0.1, -0.05) is 0 Å². The van der Waals surface area contributed by atoms with Crippen molar-refractivity contribution < 1.29 is 14.5 Å². The van der Waals surface area contributed by atoms with Crippen LogP contribution in [0.5, 0.6) is 5.75 Å². The van der Waals surface area contributed by atoms with Gasteiger partial charge in [-0.05, 0) is 25.5 Å². The zero-order valence-corrected chi connectivity index (χ0v) is 14.3. The van der Waals surface area contributed by atoms with Gasteiger partial charge in [0.15, 0.2) is 0 Å². The minimum Gasteiger partial charge on any atom is -0.495 e. The summed E-state index contributed by atoms with van der Waals surface area (Å²) in [7, 11) is 1.35. The highest BCUT2D eigenvalue weighted by Gasteiger charge is 2.17. The summed E-state index contributed by atoms with van der Waals surface area (Å²) in [6.45, 7) is 2.76. The molecule has 0 bridgehead atoms.